The zero-order valence-corrected chi connectivity index (χ0v) is 9.60. The maximum Gasteiger partial charge on any atom is 0.306 e. The SMILES string of the molecule is O=C(NC1CCC(C(=O)O)C1)c1cncc(F)c1. The molecule has 0 spiro atoms. The van der Waals surface area contributed by atoms with Crippen LogP contribution in [0.15, 0.2) is 18.5 Å². The van der Waals surface area contributed by atoms with Gasteiger partial charge in [-0.25, -0.2) is 4.39 Å². The lowest BCUT2D eigenvalue weighted by Gasteiger charge is -2.12. The van der Waals surface area contributed by atoms with Crippen LogP contribution in [0, 0.1) is 11.7 Å². The minimum Gasteiger partial charge on any atom is -0.481 e. The van der Waals surface area contributed by atoms with Crippen LogP contribution in [0.2, 0.25) is 0 Å². The van der Waals surface area contributed by atoms with Gasteiger partial charge in [-0.2, -0.15) is 0 Å². The molecule has 2 N–H and O–H groups in total. The first-order valence-corrected chi connectivity index (χ1v) is 5.70. The number of carbonyl (C=O) groups excluding carboxylic acids is 1. The van der Waals surface area contributed by atoms with Crippen LogP contribution in [-0.4, -0.2) is 28.0 Å². The van der Waals surface area contributed by atoms with Crippen molar-refractivity contribution in [3.63, 3.8) is 0 Å². The van der Waals surface area contributed by atoms with E-state index in [0.717, 1.165) is 12.3 Å². The van der Waals surface area contributed by atoms with Crippen molar-refractivity contribution in [2.45, 2.75) is 25.3 Å². The average molecular weight is 252 g/mol. The van der Waals surface area contributed by atoms with Crippen molar-refractivity contribution in [3.8, 4) is 0 Å². The lowest BCUT2D eigenvalue weighted by Crippen LogP contribution is -2.33. The molecule has 2 rings (SSSR count). The van der Waals surface area contributed by atoms with Gasteiger partial charge in [0, 0.05) is 12.2 Å². The number of aliphatic carboxylic acids is 1. The van der Waals surface area contributed by atoms with E-state index >= 15 is 0 Å². The molecule has 0 saturated heterocycles. The molecule has 2 unspecified atom stereocenters. The molecule has 1 saturated carbocycles. The van der Waals surface area contributed by atoms with Gasteiger partial charge >= 0.3 is 5.97 Å². The highest BCUT2D eigenvalue weighted by Gasteiger charge is 2.30. The summed E-state index contributed by atoms with van der Waals surface area (Å²) in [7, 11) is 0. The van der Waals surface area contributed by atoms with Gasteiger partial charge in [0.1, 0.15) is 5.82 Å². The molecule has 6 heteroatoms. The minimum absolute atomic E-state index is 0.147. The Balaban J connectivity index is 1.95. The summed E-state index contributed by atoms with van der Waals surface area (Å²) in [5, 5.41) is 11.5. The number of rotatable bonds is 3. The predicted molar refractivity (Wildman–Crippen MR) is 60.4 cm³/mol. The zero-order chi connectivity index (χ0) is 13.1. The second-order valence-electron chi connectivity index (χ2n) is 4.41. The lowest BCUT2D eigenvalue weighted by molar-refractivity contribution is -0.141. The molecule has 1 aliphatic carbocycles. The van der Waals surface area contributed by atoms with Crippen molar-refractivity contribution in [1.82, 2.24) is 10.3 Å². The summed E-state index contributed by atoms with van der Waals surface area (Å²) in [6.07, 6.45) is 3.91. The van der Waals surface area contributed by atoms with Gasteiger partial charge in [0.25, 0.3) is 5.91 Å². The van der Waals surface area contributed by atoms with Crippen LogP contribution in [0.25, 0.3) is 0 Å². The quantitative estimate of drug-likeness (QED) is 0.847. The summed E-state index contributed by atoms with van der Waals surface area (Å²) in [6, 6.07) is 0.938. The molecule has 18 heavy (non-hydrogen) atoms. The molecule has 0 aromatic carbocycles. The van der Waals surface area contributed by atoms with Crippen molar-refractivity contribution in [2.75, 3.05) is 0 Å². The maximum atomic E-state index is 12.9. The zero-order valence-electron chi connectivity index (χ0n) is 9.60. The average Bonchev–Trinajstić information content (AvgIpc) is 2.77. The molecule has 2 atom stereocenters. The van der Waals surface area contributed by atoms with E-state index in [0.29, 0.717) is 19.3 Å². The van der Waals surface area contributed by atoms with Crippen molar-refractivity contribution in [3.05, 3.63) is 29.8 Å². The van der Waals surface area contributed by atoms with Crippen LogP contribution in [0.4, 0.5) is 4.39 Å². The van der Waals surface area contributed by atoms with E-state index in [1.165, 1.54) is 6.20 Å². The standard InChI is InChI=1S/C12H13FN2O3/c13-9-3-8(5-14-6-9)11(16)15-10-2-1-7(4-10)12(17)18/h3,5-7,10H,1-2,4H2,(H,15,16)(H,17,18). The van der Waals surface area contributed by atoms with E-state index in [4.69, 9.17) is 5.11 Å². The molecule has 1 aromatic rings. The number of carboxylic acids is 1. The number of carboxylic acid groups (broad SMARTS) is 1. The Morgan fingerprint density at radius 1 is 1.39 bits per heavy atom. The number of halogens is 1. The molecule has 1 aromatic heterocycles. The Kier molecular flexibility index (Phi) is 3.55. The second-order valence-corrected chi connectivity index (χ2v) is 4.41. The Morgan fingerprint density at radius 2 is 2.17 bits per heavy atom. The molecule has 1 fully saturated rings. The summed E-state index contributed by atoms with van der Waals surface area (Å²) in [4.78, 5) is 26.1. The topological polar surface area (TPSA) is 79.3 Å². The largest absolute Gasteiger partial charge is 0.481 e. The van der Waals surface area contributed by atoms with Gasteiger partial charge in [0.15, 0.2) is 0 Å². The van der Waals surface area contributed by atoms with Gasteiger partial charge in [-0.1, -0.05) is 0 Å². The Bertz CT molecular complexity index is 478. The highest BCUT2D eigenvalue weighted by molar-refractivity contribution is 5.94. The minimum atomic E-state index is -0.834. The third kappa shape index (κ3) is 2.82. The summed E-state index contributed by atoms with van der Waals surface area (Å²) < 4.78 is 12.9. The number of hydrogen-bond acceptors (Lipinski definition) is 3. The van der Waals surface area contributed by atoms with E-state index in [1.807, 2.05) is 0 Å². The van der Waals surface area contributed by atoms with Gasteiger partial charge in [-0.15, -0.1) is 0 Å². The first-order chi connectivity index (χ1) is 8.56. The fraction of sp³-hybridized carbons (Fsp3) is 0.417. The van der Waals surface area contributed by atoms with Crippen LogP contribution in [0.5, 0.6) is 0 Å². The van der Waals surface area contributed by atoms with Crippen LogP contribution in [-0.2, 0) is 4.79 Å². The molecule has 0 bridgehead atoms. The molecular weight excluding hydrogens is 239 g/mol. The summed E-state index contributed by atoms with van der Waals surface area (Å²) in [5.41, 5.74) is 0.147. The molecule has 1 amide bonds. The summed E-state index contributed by atoms with van der Waals surface area (Å²) in [5.74, 6) is -2.23. The van der Waals surface area contributed by atoms with E-state index in [-0.39, 0.29) is 11.6 Å². The molecule has 5 nitrogen and oxygen atoms in total. The molecule has 1 aliphatic rings. The third-order valence-electron chi connectivity index (χ3n) is 3.08. The van der Waals surface area contributed by atoms with E-state index in [1.54, 1.807) is 0 Å². The van der Waals surface area contributed by atoms with E-state index in [9.17, 15) is 14.0 Å². The number of carbonyl (C=O) groups is 2. The highest BCUT2D eigenvalue weighted by atomic mass is 19.1. The number of pyridine rings is 1. The van der Waals surface area contributed by atoms with Gasteiger partial charge in [0.05, 0.1) is 17.7 Å². The van der Waals surface area contributed by atoms with Crippen molar-refractivity contribution < 1.29 is 19.1 Å². The summed E-state index contributed by atoms with van der Waals surface area (Å²) in [6.45, 7) is 0. The number of hydrogen-bond donors (Lipinski definition) is 2. The van der Waals surface area contributed by atoms with Gasteiger partial charge in [0.2, 0.25) is 0 Å². The highest BCUT2D eigenvalue weighted by Crippen LogP contribution is 2.25. The second kappa shape index (κ2) is 5.12. The summed E-state index contributed by atoms with van der Waals surface area (Å²) >= 11 is 0. The normalized spacial score (nSPS) is 22.7. The van der Waals surface area contributed by atoms with E-state index < -0.39 is 23.6 Å². The third-order valence-corrected chi connectivity index (χ3v) is 3.08. The van der Waals surface area contributed by atoms with Crippen molar-refractivity contribution in [2.24, 2.45) is 5.92 Å². The number of amides is 1. The Labute approximate surface area is 103 Å². The van der Waals surface area contributed by atoms with Crippen molar-refractivity contribution in [1.29, 1.82) is 0 Å². The van der Waals surface area contributed by atoms with Crippen LogP contribution in [0.1, 0.15) is 29.6 Å². The molecule has 1 heterocycles. The Morgan fingerprint density at radius 3 is 2.78 bits per heavy atom. The Hall–Kier alpha value is -1.98. The monoisotopic (exact) mass is 252 g/mol. The first-order valence-electron chi connectivity index (χ1n) is 5.70. The number of aromatic nitrogens is 1. The van der Waals surface area contributed by atoms with Gasteiger partial charge < -0.3 is 10.4 Å². The van der Waals surface area contributed by atoms with E-state index in [2.05, 4.69) is 10.3 Å². The van der Waals surface area contributed by atoms with Gasteiger partial charge in [-0.3, -0.25) is 14.6 Å². The van der Waals surface area contributed by atoms with Crippen LogP contribution >= 0.6 is 0 Å². The number of nitrogens with zero attached hydrogens (tertiary/aromatic N) is 1. The first kappa shape index (κ1) is 12.5. The maximum absolute atomic E-state index is 12.9. The van der Waals surface area contributed by atoms with Crippen LogP contribution < -0.4 is 5.32 Å². The van der Waals surface area contributed by atoms with Crippen molar-refractivity contribution >= 4 is 11.9 Å². The molecule has 96 valence electrons. The van der Waals surface area contributed by atoms with Gasteiger partial charge in [-0.05, 0) is 25.3 Å². The lowest BCUT2D eigenvalue weighted by atomic mass is 10.1. The molecular formula is C12H13FN2O3. The molecule has 0 aliphatic heterocycles. The smallest absolute Gasteiger partial charge is 0.306 e. The predicted octanol–water partition coefficient (Wildman–Crippen LogP) is 1.20. The van der Waals surface area contributed by atoms with Crippen LogP contribution in [0.3, 0.4) is 0 Å². The number of nitrogens with one attached hydrogen (secondary N) is 1. The molecule has 0 radical (unpaired) electrons. The fourth-order valence-electron chi connectivity index (χ4n) is 2.14. The fourth-order valence-corrected chi connectivity index (χ4v) is 2.14.